The lowest BCUT2D eigenvalue weighted by Crippen LogP contribution is -2.66. The number of ether oxygens (including phenoxy) is 7. The van der Waals surface area contributed by atoms with Crippen LogP contribution in [0.1, 0.15) is 89.0 Å². The van der Waals surface area contributed by atoms with Crippen LogP contribution in [-0.2, 0) is 61.9 Å². The Morgan fingerprint density at radius 2 is 1.33 bits per heavy atom. The third kappa shape index (κ3) is 5.13. The van der Waals surface area contributed by atoms with Crippen LogP contribution in [0.5, 0.6) is 0 Å². The molecule has 0 aromatic heterocycles. The second-order valence-corrected chi connectivity index (χ2v) is 15.1. The van der Waals surface area contributed by atoms with E-state index in [9.17, 15) is 28.8 Å². The molecule has 13 nitrogen and oxygen atoms in total. The van der Waals surface area contributed by atoms with E-state index in [0.717, 1.165) is 0 Å². The van der Waals surface area contributed by atoms with E-state index in [4.69, 9.17) is 33.2 Å². The van der Waals surface area contributed by atoms with E-state index in [1.807, 2.05) is 0 Å². The van der Waals surface area contributed by atoms with E-state index in [1.165, 1.54) is 34.6 Å². The molecule has 0 aromatic carbocycles. The molecule has 0 amide bonds. The smallest absolute Gasteiger partial charge is 0.333 e. The third-order valence-corrected chi connectivity index (χ3v) is 11.8. The topological polar surface area (TPSA) is 167 Å². The lowest BCUT2D eigenvalue weighted by molar-refractivity contribution is -0.293. The van der Waals surface area contributed by atoms with Crippen LogP contribution in [0.2, 0.25) is 0 Å². The van der Waals surface area contributed by atoms with Gasteiger partial charge in [0, 0.05) is 46.1 Å². The van der Waals surface area contributed by atoms with Crippen LogP contribution in [0.15, 0.2) is 11.6 Å². The predicted molar refractivity (Wildman–Crippen MR) is 164 cm³/mol. The van der Waals surface area contributed by atoms with Crippen LogP contribution >= 0.6 is 0 Å². The Kier molecular flexibility index (Phi) is 8.83. The SMILES string of the molecule is C/C=C(\C)C(=O)O[C@@H]1C[C@H]2[C@@H]([C@H]3[C@@]4(C)OC(OC(C)=O)[C@@]13[C@H](OC(C)=O)[C@H]1[C@@H](OC(C)=O)[C@@H](C)C[C@]1(OC(C)=O)[C@@H]4OC(C)=O)C2(C)C. The van der Waals surface area contributed by atoms with Crippen molar-refractivity contribution >= 4 is 35.8 Å². The van der Waals surface area contributed by atoms with Crippen LogP contribution in [0.3, 0.4) is 0 Å². The van der Waals surface area contributed by atoms with Gasteiger partial charge in [0.25, 0.3) is 0 Å². The molecule has 5 aliphatic rings. The van der Waals surface area contributed by atoms with Crippen molar-refractivity contribution in [3.63, 3.8) is 0 Å². The largest absolute Gasteiger partial charge is 0.462 e. The minimum atomic E-state index is -1.76. The Bertz CT molecular complexity index is 1450. The van der Waals surface area contributed by atoms with E-state index >= 15 is 0 Å². The van der Waals surface area contributed by atoms with E-state index in [1.54, 1.807) is 33.8 Å². The second-order valence-electron chi connectivity index (χ2n) is 15.1. The Morgan fingerprint density at radius 3 is 1.85 bits per heavy atom. The van der Waals surface area contributed by atoms with Crippen molar-refractivity contribution in [2.45, 2.75) is 131 Å². The molecule has 0 aromatic rings. The molecule has 4 saturated carbocycles. The summed E-state index contributed by atoms with van der Waals surface area (Å²) in [7, 11) is 0. The summed E-state index contributed by atoms with van der Waals surface area (Å²) in [5.74, 6) is -6.84. The molecule has 4 aliphatic carbocycles. The number of esters is 6. The lowest BCUT2D eigenvalue weighted by Gasteiger charge is -2.52. The van der Waals surface area contributed by atoms with E-state index < -0.39 is 101 Å². The molecule has 1 aliphatic heterocycles. The van der Waals surface area contributed by atoms with Gasteiger partial charge in [0.1, 0.15) is 29.3 Å². The summed E-state index contributed by atoms with van der Waals surface area (Å²) in [4.78, 5) is 78.7. The summed E-state index contributed by atoms with van der Waals surface area (Å²) in [5.41, 5.74) is -5.03. The Hall–Kier alpha value is -3.48. The number of allylic oxidation sites excluding steroid dienone is 1. The fraction of sp³-hybridized carbons (Fsp3) is 0.771. The molecular weight excluding hydrogens is 628 g/mol. The van der Waals surface area contributed by atoms with E-state index in [-0.39, 0.29) is 23.7 Å². The second kappa shape index (κ2) is 11.8. The first-order chi connectivity index (χ1) is 22.2. The molecule has 266 valence electrons. The van der Waals surface area contributed by atoms with Crippen molar-refractivity contribution in [2.24, 2.45) is 40.4 Å². The van der Waals surface area contributed by atoms with Crippen molar-refractivity contribution in [2.75, 3.05) is 0 Å². The Balaban J connectivity index is 1.94. The number of fused-ring (bicyclic) bond motifs is 2. The number of rotatable bonds is 7. The highest BCUT2D eigenvalue weighted by atomic mass is 16.7. The van der Waals surface area contributed by atoms with Gasteiger partial charge in [0.05, 0.1) is 5.92 Å². The fourth-order valence-electron chi connectivity index (χ4n) is 10.3. The van der Waals surface area contributed by atoms with Crippen molar-refractivity contribution in [3.8, 4) is 0 Å². The van der Waals surface area contributed by atoms with Crippen LogP contribution in [0.25, 0.3) is 0 Å². The third-order valence-electron chi connectivity index (χ3n) is 11.8. The van der Waals surface area contributed by atoms with Crippen LogP contribution in [-0.4, -0.2) is 77.7 Å². The highest BCUT2D eigenvalue weighted by Crippen LogP contribution is 2.80. The Morgan fingerprint density at radius 1 is 0.750 bits per heavy atom. The summed E-state index contributed by atoms with van der Waals surface area (Å²) in [5, 5.41) is 0. The maximum atomic E-state index is 13.6. The highest BCUT2D eigenvalue weighted by Gasteiger charge is 2.89. The molecule has 1 saturated heterocycles. The Labute approximate surface area is 280 Å². The van der Waals surface area contributed by atoms with Gasteiger partial charge in [-0.25, -0.2) is 4.79 Å². The van der Waals surface area contributed by atoms with Gasteiger partial charge in [0.2, 0.25) is 6.29 Å². The molecule has 13 heteroatoms. The van der Waals surface area contributed by atoms with Gasteiger partial charge in [-0.05, 0) is 56.8 Å². The molecule has 48 heavy (non-hydrogen) atoms. The minimum Gasteiger partial charge on any atom is -0.462 e. The normalized spacial score (nSPS) is 43.3. The van der Waals surface area contributed by atoms with Crippen LogP contribution in [0.4, 0.5) is 0 Å². The predicted octanol–water partition coefficient (Wildman–Crippen LogP) is 3.59. The maximum Gasteiger partial charge on any atom is 0.333 e. The lowest BCUT2D eigenvalue weighted by atomic mass is 9.56. The van der Waals surface area contributed by atoms with E-state index in [2.05, 4.69) is 13.8 Å². The minimum absolute atomic E-state index is 0.0277. The van der Waals surface area contributed by atoms with Crippen molar-refractivity contribution in [3.05, 3.63) is 11.6 Å². The molecular formula is C35H48O13. The molecule has 0 N–H and O–H groups in total. The summed E-state index contributed by atoms with van der Waals surface area (Å²) in [6.07, 6.45) is -4.44. The number of carbonyl (C=O) groups is 6. The fourth-order valence-corrected chi connectivity index (χ4v) is 10.3. The van der Waals surface area contributed by atoms with E-state index in [0.29, 0.717) is 12.0 Å². The first kappa shape index (κ1) is 35.8. The van der Waals surface area contributed by atoms with Crippen LogP contribution < -0.4 is 0 Å². The summed E-state index contributed by atoms with van der Waals surface area (Å²) in [6.45, 7) is 17.0. The average molecular weight is 677 g/mol. The summed E-state index contributed by atoms with van der Waals surface area (Å²) in [6, 6.07) is 0. The number of hydrogen-bond acceptors (Lipinski definition) is 13. The summed E-state index contributed by atoms with van der Waals surface area (Å²) < 4.78 is 44.1. The summed E-state index contributed by atoms with van der Waals surface area (Å²) >= 11 is 0. The average Bonchev–Trinajstić information content (AvgIpc) is 3.24. The van der Waals surface area contributed by atoms with Crippen LogP contribution in [0, 0.1) is 40.4 Å². The molecule has 13 atom stereocenters. The molecule has 2 bridgehead atoms. The van der Waals surface area contributed by atoms with Gasteiger partial charge in [0.15, 0.2) is 11.7 Å². The van der Waals surface area contributed by atoms with Crippen molar-refractivity contribution < 1.29 is 61.9 Å². The molecule has 0 spiro atoms. The first-order valence-corrected chi connectivity index (χ1v) is 16.6. The quantitative estimate of drug-likeness (QED) is 0.218. The van der Waals surface area contributed by atoms with Gasteiger partial charge < -0.3 is 33.2 Å². The molecule has 1 heterocycles. The van der Waals surface area contributed by atoms with Crippen molar-refractivity contribution in [1.29, 1.82) is 0 Å². The number of carbonyl (C=O) groups excluding carboxylic acids is 6. The standard InChI is InChI=1S/C35H48O13/c1-12-15(2)29(41)46-23-13-22-24(32(22,9)10)27-33(11)30(44-19(6)38)34(47-21(8)40)14-16(3)26(42-17(4)36)25(34)28(43-18(5)37)35(23,27)31(48-33)45-20(7)39/h12,16,22-28,30-31H,13-14H2,1-11H3/b15-12+/t16-,22-,23+,24-,25+,26-,27-,28+,30+,31?,33+,34+,35-/m0/s1. The molecule has 0 radical (unpaired) electrons. The van der Waals surface area contributed by atoms with Gasteiger partial charge in [-0.15, -0.1) is 0 Å². The van der Waals surface area contributed by atoms with Gasteiger partial charge in [-0.1, -0.05) is 26.8 Å². The first-order valence-electron chi connectivity index (χ1n) is 16.6. The molecule has 5 rings (SSSR count). The zero-order valence-electron chi connectivity index (χ0n) is 29.6. The van der Waals surface area contributed by atoms with Gasteiger partial charge in [-0.2, -0.15) is 0 Å². The highest BCUT2D eigenvalue weighted by molar-refractivity contribution is 5.87. The van der Waals surface area contributed by atoms with Gasteiger partial charge in [-0.3, -0.25) is 24.0 Å². The zero-order chi connectivity index (χ0) is 35.9. The maximum absolute atomic E-state index is 13.6. The van der Waals surface area contributed by atoms with Crippen molar-refractivity contribution in [1.82, 2.24) is 0 Å². The molecule has 5 fully saturated rings. The monoisotopic (exact) mass is 676 g/mol. The number of hydrogen-bond donors (Lipinski definition) is 0. The zero-order valence-corrected chi connectivity index (χ0v) is 29.6. The molecule has 1 unspecified atom stereocenters. The van der Waals surface area contributed by atoms with Gasteiger partial charge >= 0.3 is 35.8 Å².